The van der Waals surface area contributed by atoms with Gasteiger partial charge in [-0.1, -0.05) is 26.7 Å². The number of hydrogen-bond donors (Lipinski definition) is 1. The van der Waals surface area contributed by atoms with Crippen LogP contribution in [0, 0.1) is 11.3 Å². The highest BCUT2D eigenvalue weighted by Crippen LogP contribution is 2.51. The Morgan fingerprint density at radius 2 is 2.00 bits per heavy atom. The molecule has 0 aliphatic heterocycles. The van der Waals surface area contributed by atoms with E-state index in [1.807, 2.05) is 6.20 Å². The van der Waals surface area contributed by atoms with Crippen molar-refractivity contribution in [1.29, 1.82) is 0 Å². The van der Waals surface area contributed by atoms with Gasteiger partial charge in [0, 0.05) is 12.2 Å². The van der Waals surface area contributed by atoms with Gasteiger partial charge in [-0.15, -0.1) is 0 Å². The summed E-state index contributed by atoms with van der Waals surface area (Å²) in [5, 5.41) is 3.56. The molecule has 2 rings (SSSR count). The average Bonchev–Trinajstić information content (AvgIpc) is 2.88. The van der Waals surface area contributed by atoms with Gasteiger partial charge in [0.15, 0.2) is 0 Å². The van der Waals surface area contributed by atoms with Gasteiger partial charge in [0.25, 0.3) is 0 Å². The van der Waals surface area contributed by atoms with Crippen LogP contribution in [-0.2, 0) is 0 Å². The number of rotatable bonds is 6. The van der Waals surface area contributed by atoms with Crippen molar-refractivity contribution in [2.45, 2.75) is 52.0 Å². The van der Waals surface area contributed by atoms with E-state index in [-0.39, 0.29) is 0 Å². The lowest BCUT2D eigenvalue weighted by atomic mass is 9.70. The number of pyridine rings is 1. The summed E-state index contributed by atoms with van der Waals surface area (Å²) in [4.78, 5) is 4.34. The molecule has 1 unspecified atom stereocenters. The average molecular weight is 276 g/mol. The first-order valence-electron chi connectivity index (χ1n) is 7.77. The van der Waals surface area contributed by atoms with Gasteiger partial charge in [0.2, 0.25) is 0 Å². The summed E-state index contributed by atoms with van der Waals surface area (Å²) in [5.74, 6) is 1.57. The van der Waals surface area contributed by atoms with Crippen LogP contribution >= 0.6 is 0 Å². The molecule has 0 amide bonds. The van der Waals surface area contributed by atoms with Crippen LogP contribution in [0.5, 0.6) is 5.75 Å². The number of nitrogens with zero attached hydrogens (tertiary/aromatic N) is 1. The zero-order chi connectivity index (χ0) is 14.6. The highest BCUT2D eigenvalue weighted by molar-refractivity contribution is 5.27. The van der Waals surface area contributed by atoms with Crippen molar-refractivity contribution >= 4 is 0 Å². The molecule has 1 N–H and O–H groups in total. The van der Waals surface area contributed by atoms with Gasteiger partial charge < -0.3 is 10.1 Å². The monoisotopic (exact) mass is 276 g/mol. The molecule has 0 bridgehead atoms. The van der Waals surface area contributed by atoms with E-state index in [0.717, 1.165) is 11.7 Å². The van der Waals surface area contributed by atoms with Gasteiger partial charge in [-0.05, 0) is 49.3 Å². The van der Waals surface area contributed by atoms with Crippen LogP contribution in [0.4, 0.5) is 0 Å². The third-order valence-corrected chi connectivity index (χ3v) is 4.62. The molecule has 1 fully saturated rings. The third kappa shape index (κ3) is 3.14. The number of ether oxygens (including phenoxy) is 1. The van der Waals surface area contributed by atoms with E-state index >= 15 is 0 Å². The van der Waals surface area contributed by atoms with Gasteiger partial charge in [-0.25, -0.2) is 0 Å². The summed E-state index contributed by atoms with van der Waals surface area (Å²) in [6.07, 6.45) is 10.4. The van der Waals surface area contributed by atoms with Crippen molar-refractivity contribution in [2.75, 3.05) is 14.2 Å². The van der Waals surface area contributed by atoms with E-state index in [0.29, 0.717) is 11.5 Å². The number of hydrogen-bond acceptors (Lipinski definition) is 3. The topological polar surface area (TPSA) is 34.2 Å². The highest BCUT2D eigenvalue weighted by Gasteiger charge is 2.41. The summed E-state index contributed by atoms with van der Waals surface area (Å²) in [6.45, 7) is 4.66. The van der Waals surface area contributed by atoms with Gasteiger partial charge in [0.1, 0.15) is 5.75 Å². The maximum atomic E-state index is 5.34. The summed E-state index contributed by atoms with van der Waals surface area (Å²) in [6, 6.07) is 2.50. The lowest BCUT2D eigenvalue weighted by molar-refractivity contribution is 0.161. The van der Waals surface area contributed by atoms with E-state index in [9.17, 15) is 0 Å². The fourth-order valence-corrected chi connectivity index (χ4v) is 4.03. The maximum absolute atomic E-state index is 5.34. The van der Waals surface area contributed by atoms with Gasteiger partial charge in [-0.2, -0.15) is 0 Å². The summed E-state index contributed by atoms with van der Waals surface area (Å²) in [5.41, 5.74) is 1.63. The Kier molecular flexibility index (Phi) is 5.03. The molecule has 1 saturated carbocycles. The molecule has 1 aromatic rings. The first kappa shape index (κ1) is 15.3. The van der Waals surface area contributed by atoms with Crippen LogP contribution in [0.1, 0.15) is 57.6 Å². The van der Waals surface area contributed by atoms with Crippen molar-refractivity contribution in [3.63, 3.8) is 0 Å². The summed E-state index contributed by atoms with van der Waals surface area (Å²) >= 11 is 0. The van der Waals surface area contributed by atoms with Crippen molar-refractivity contribution in [1.82, 2.24) is 10.3 Å². The predicted octanol–water partition coefficient (Wildman–Crippen LogP) is 3.96. The van der Waals surface area contributed by atoms with Crippen molar-refractivity contribution < 1.29 is 4.74 Å². The minimum Gasteiger partial charge on any atom is -0.495 e. The standard InChI is InChI=1S/C17H28N2O/c1-13(2)10-17(7-5-6-8-17)16(18-3)14-9-15(20-4)12-19-11-14/h9,11-13,16,18H,5-8,10H2,1-4H3. The first-order chi connectivity index (χ1) is 9.61. The first-order valence-corrected chi connectivity index (χ1v) is 7.77. The normalized spacial score (nSPS) is 19.2. The second kappa shape index (κ2) is 6.57. The lowest BCUT2D eigenvalue weighted by Crippen LogP contribution is -2.36. The Bertz CT molecular complexity index is 425. The number of methoxy groups -OCH3 is 1. The van der Waals surface area contributed by atoms with Gasteiger partial charge >= 0.3 is 0 Å². The molecule has 20 heavy (non-hydrogen) atoms. The minimum absolute atomic E-state index is 0.370. The smallest absolute Gasteiger partial charge is 0.137 e. The Balaban J connectivity index is 2.32. The third-order valence-electron chi connectivity index (χ3n) is 4.62. The molecule has 3 heteroatoms. The quantitative estimate of drug-likeness (QED) is 0.854. The molecule has 3 nitrogen and oxygen atoms in total. The predicted molar refractivity (Wildman–Crippen MR) is 82.9 cm³/mol. The summed E-state index contributed by atoms with van der Waals surface area (Å²) in [7, 11) is 3.78. The van der Waals surface area contributed by atoms with E-state index < -0.39 is 0 Å². The Morgan fingerprint density at radius 3 is 2.55 bits per heavy atom. The molecule has 0 radical (unpaired) electrons. The van der Waals surface area contributed by atoms with E-state index in [1.165, 1.54) is 37.7 Å². The fraction of sp³-hybridized carbons (Fsp3) is 0.706. The number of nitrogens with one attached hydrogen (secondary N) is 1. The van der Waals surface area contributed by atoms with Gasteiger partial charge in [0.05, 0.1) is 13.3 Å². The van der Waals surface area contributed by atoms with Crippen LogP contribution in [0.3, 0.4) is 0 Å². The second-order valence-corrected chi connectivity index (χ2v) is 6.55. The number of aromatic nitrogens is 1. The van der Waals surface area contributed by atoms with Crippen molar-refractivity contribution in [2.24, 2.45) is 11.3 Å². The van der Waals surface area contributed by atoms with Crippen LogP contribution < -0.4 is 10.1 Å². The van der Waals surface area contributed by atoms with E-state index in [2.05, 4.69) is 37.3 Å². The van der Waals surface area contributed by atoms with E-state index in [1.54, 1.807) is 13.3 Å². The molecule has 1 aromatic heterocycles. The van der Waals surface area contributed by atoms with Gasteiger partial charge in [-0.3, -0.25) is 4.98 Å². The molecule has 0 spiro atoms. The molecular weight excluding hydrogens is 248 g/mol. The Hall–Kier alpha value is -1.09. The molecule has 0 saturated heterocycles. The highest BCUT2D eigenvalue weighted by atomic mass is 16.5. The molecule has 112 valence electrons. The molecule has 1 atom stereocenters. The zero-order valence-electron chi connectivity index (χ0n) is 13.3. The fourth-order valence-electron chi connectivity index (χ4n) is 4.03. The maximum Gasteiger partial charge on any atom is 0.137 e. The molecule has 1 aliphatic rings. The molecule has 0 aromatic carbocycles. The van der Waals surface area contributed by atoms with Crippen molar-refractivity contribution in [3.05, 3.63) is 24.0 Å². The second-order valence-electron chi connectivity index (χ2n) is 6.55. The largest absolute Gasteiger partial charge is 0.495 e. The van der Waals surface area contributed by atoms with E-state index in [4.69, 9.17) is 4.74 Å². The van der Waals surface area contributed by atoms with Crippen molar-refractivity contribution in [3.8, 4) is 5.75 Å². The molecule has 1 heterocycles. The molecule has 1 aliphatic carbocycles. The van der Waals surface area contributed by atoms with Crippen LogP contribution in [0.2, 0.25) is 0 Å². The summed E-state index contributed by atoms with van der Waals surface area (Å²) < 4.78 is 5.34. The minimum atomic E-state index is 0.370. The Labute approximate surface area is 123 Å². The zero-order valence-corrected chi connectivity index (χ0v) is 13.3. The van der Waals surface area contributed by atoms with Crippen LogP contribution in [-0.4, -0.2) is 19.1 Å². The Morgan fingerprint density at radius 1 is 1.30 bits per heavy atom. The lowest BCUT2D eigenvalue weighted by Gasteiger charge is -2.39. The SMILES string of the molecule is CNC(c1cncc(OC)c1)C1(CC(C)C)CCCC1. The van der Waals surface area contributed by atoms with Crippen LogP contribution in [0.25, 0.3) is 0 Å². The van der Waals surface area contributed by atoms with Crippen LogP contribution in [0.15, 0.2) is 18.5 Å². The molecular formula is C17H28N2O.